The van der Waals surface area contributed by atoms with Crippen LogP contribution in [0.15, 0.2) is 125 Å². The minimum Gasteiger partial charge on any atom is -0.497 e. The molecule has 0 aliphatic heterocycles. The summed E-state index contributed by atoms with van der Waals surface area (Å²) in [4.78, 5) is 6.08. The highest BCUT2D eigenvalue weighted by molar-refractivity contribution is 7.89. The van der Waals surface area contributed by atoms with Crippen LogP contribution in [0.25, 0.3) is 0 Å². The van der Waals surface area contributed by atoms with Crippen LogP contribution < -0.4 is 18.9 Å². The Bertz CT molecular complexity index is 2570. The normalized spacial score (nSPS) is 11.9. The number of likely N-dealkylation sites (N-methyl/N-ethyl adjacent to an activating group) is 2. The van der Waals surface area contributed by atoms with Gasteiger partial charge in [-0.1, -0.05) is 48.5 Å². The van der Waals surface area contributed by atoms with Crippen LogP contribution in [-0.2, 0) is 65.9 Å². The Hall–Kier alpha value is -5.80. The van der Waals surface area contributed by atoms with E-state index >= 15 is 0 Å². The summed E-state index contributed by atoms with van der Waals surface area (Å²) >= 11 is 0. The van der Waals surface area contributed by atoms with Gasteiger partial charge in [0, 0.05) is 58.1 Å². The number of aromatic nitrogens is 4. The lowest BCUT2D eigenvalue weighted by molar-refractivity contribution is 0.346. The largest absolute Gasteiger partial charge is 0.497 e. The number of nitrogens with zero attached hydrogens (tertiary/aromatic N) is 9. The smallest absolute Gasteiger partial charge is 0.263 e. The van der Waals surface area contributed by atoms with Crippen molar-refractivity contribution in [3.63, 3.8) is 0 Å². The van der Waals surface area contributed by atoms with E-state index in [1.807, 2.05) is 149 Å². The molecule has 0 N–H and O–H groups in total. The van der Waals surface area contributed by atoms with Crippen molar-refractivity contribution in [2.45, 2.75) is 55.9 Å². The van der Waals surface area contributed by atoms with Crippen molar-refractivity contribution in [1.82, 2.24) is 42.9 Å². The molecule has 0 radical (unpaired) electrons. The predicted octanol–water partition coefficient (Wildman–Crippen LogP) is 5.77. The molecule has 0 amide bonds. The van der Waals surface area contributed by atoms with E-state index in [9.17, 15) is 16.8 Å². The van der Waals surface area contributed by atoms with Gasteiger partial charge in [-0.2, -0.15) is 18.8 Å². The number of sulfonamides is 2. The first-order valence-electron chi connectivity index (χ1n) is 22.0. The maximum absolute atomic E-state index is 14.0. The highest BCUT2D eigenvalue weighted by Gasteiger charge is 2.30. The molecule has 68 heavy (non-hydrogen) atoms. The van der Waals surface area contributed by atoms with E-state index in [0.717, 1.165) is 64.0 Å². The summed E-state index contributed by atoms with van der Waals surface area (Å²) < 4.78 is 82.3. The molecule has 0 unspecified atom stereocenters. The van der Waals surface area contributed by atoms with Crippen molar-refractivity contribution >= 4 is 20.0 Å². The quantitative estimate of drug-likeness (QED) is 0.0722. The molecule has 0 saturated carbocycles. The van der Waals surface area contributed by atoms with E-state index in [0.29, 0.717) is 19.6 Å². The number of hydrogen-bond acceptors (Lipinski definition) is 13. The first kappa shape index (κ1) is 53.2. The van der Waals surface area contributed by atoms with Crippen molar-refractivity contribution in [3.8, 4) is 23.0 Å². The molecule has 0 aliphatic rings. The molecule has 368 valence electrons. The van der Waals surface area contributed by atoms with Crippen molar-refractivity contribution < 1.29 is 35.8 Å². The molecule has 6 rings (SSSR count). The van der Waals surface area contributed by atoms with Crippen molar-refractivity contribution in [3.05, 3.63) is 143 Å². The van der Waals surface area contributed by atoms with Gasteiger partial charge in [-0.3, -0.25) is 9.36 Å². The first-order valence-corrected chi connectivity index (χ1v) is 24.9. The zero-order valence-electron chi connectivity index (χ0n) is 40.9. The second kappa shape index (κ2) is 25.0. The Morgan fingerprint density at radius 3 is 1.13 bits per heavy atom. The third-order valence-electron chi connectivity index (χ3n) is 10.8. The highest BCUT2D eigenvalue weighted by atomic mass is 32.2. The number of ether oxygens (including phenoxy) is 4. The van der Waals surface area contributed by atoms with Gasteiger partial charge in [-0.25, -0.2) is 16.8 Å². The van der Waals surface area contributed by atoms with Gasteiger partial charge >= 0.3 is 0 Å². The minimum absolute atomic E-state index is 0.0401. The molecule has 0 saturated heterocycles. The zero-order chi connectivity index (χ0) is 49.4. The summed E-state index contributed by atoms with van der Waals surface area (Å²) in [5.74, 6) is 2.88. The van der Waals surface area contributed by atoms with Crippen LogP contribution in [0.1, 0.15) is 27.9 Å². The molecule has 2 heterocycles. The van der Waals surface area contributed by atoms with Crippen molar-refractivity contribution in [2.24, 2.45) is 0 Å². The minimum atomic E-state index is -3.90. The van der Waals surface area contributed by atoms with Crippen molar-refractivity contribution in [1.29, 1.82) is 0 Å². The van der Waals surface area contributed by atoms with E-state index < -0.39 is 20.0 Å². The summed E-state index contributed by atoms with van der Waals surface area (Å²) in [6, 6.07) is 32.8. The second-order valence-corrected chi connectivity index (χ2v) is 20.7. The van der Waals surface area contributed by atoms with E-state index in [1.165, 1.54) is 8.61 Å². The lowest BCUT2D eigenvalue weighted by Gasteiger charge is -2.21. The molecule has 4 aromatic carbocycles. The van der Waals surface area contributed by atoms with Crippen LogP contribution in [0.3, 0.4) is 0 Å². The summed E-state index contributed by atoms with van der Waals surface area (Å²) in [6.45, 7) is 4.14. The van der Waals surface area contributed by atoms with Gasteiger partial charge in [0.25, 0.3) is 20.0 Å². The highest BCUT2D eigenvalue weighted by Crippen LogP contribution is 2.25. The maximum atomic E-state index is 14.0. The van der Waals surface area contributed by atoms with Gasteiger partial charge in [0.15, 0.2) is 10.1 Å². The average Bonchev–Trinajstić information content (AvgIpc) is 3.99. The summed E-state index contributed by atoms with van der Waals surface area (Å²) in [5.41, 5.74) is 4.28. The molecule has 19 heteroatoms. The molecule has 2 aromatic heterocycles. The molecule has 6 aromatic rings. The topological polar surface area (TPSA) is 157 Å². The average molecular weight is 974 g/mol. The van der Waals surface area contributed by atoms with E-state index in [4.69, 9.17) is 18.9 Å². The maximum Gasteiger partial charge on any atom is 0.263 e. The molecular weight excluding hydrogens is 907 g/mol. The number of methoxy groups -OCH3 is 4. The lowest BCUT2D eigenvalue weighted by Crippen LogP contribution is -2.31. The Labute approximate surface area is 403 Å². The fourth-order valence-electron chi connectivity index (χ4n) is 6.86. The SMILES string of the molecule is COc1ccc(CN(Cc2ccc(OC)cc2)S(=O)(=O)c2cc(CN(C)C)n(CCN(C)C)n2)cc1.COc1ccc(CN(Cc2ccc(OC)cc2)S(=O)(=O)c2ccn(CCN(C)C)n2)cc1. The lowest BCUT2D eigenvalue weighted by atomic mass is 10.2. The zero-order valence-corrected chi connectivity index (χ0v) is 42.6. The van der Waals surface area contributed by atoms with E-state index in [1.54, 1.807) is 56.1 Å². The molecule has 17 nitrogen and oxygen atoms in total. The van der Waals surface area contributed by atoms with Crippen LogP contribution in [-0.4, -0.2) is 144 Å². The number of benzene rings is 4. The Morgan fingerprint density at radius 1 is 0.441 bits per heavy atom. The number of hydrogen-bond donors (Lipinski definition) is 0. The van der Waals surface area contributed by atoms with Crippen LogP contribution in [0, 0.1) is 0 Å². The first-order chi connectivity index (χ1) is 32.4. The van der Waals surface area contributed by atoms with Crippen LogP contribution in [0.4, 0.5) is 0 Å². The summed E-state index contributed by atoms with van der Waals surface area (Å²) in [6.07, 6.45) is 1.70. The standard InChI is InChI=1S/C26H37N5O4S.C23H30N4O4S/c1-28(2)15-16-31-23(20-29(3)4)17-26(27-31)36(32,33)30(18-21-7-11-24(34-5)12-8-21)19-22-9-13-25(35-6)14-10-22;1-25(2)15-16-26-14-13-23(24-26)32(28,29)27(17-19-5-9-21(30-3)10-6-19)18-20-7-11-22(31-4)12-8-20/h7-14,17H,15-16,18-20H2,1-6H3;5-14H,15-18H2,1-4H3. The van der Waals surface area contributed by atoms with Gasteiger partial charge in [0.05, 0.1) is 47.2 Å². The van der Waals surface area contributed by atoms with E-state index in [-0.39, 0.29) is 36.2 Å². The molecular formula is C49H67N9O8S2. The molecule has 0 spiro atoms. The van der Waals surface area contributed by atoms with Gasteiger partial charge in [-0.05, 0) is 119 Å². The third-order valence-corrected chi connectivity index (χ3v) is 14.1. The Morgan fingerprint density at radius 2 is 0.794 bits per heavy atom. The number of rotatable bonds is 24. The van der Waals surface area contributed by atoms with Crippen LogP contribution in [0.2, 0.25) is 0 Å². The van der Waals surface area contributed by atoms with Gasteiger partial charge in [0.1, 0.15) is 23.0 Å². The predicted molar refractivity (Wildman–Crippen MR) is 264 cm³/mol. The Balaban J connectivity index is 0.000000256. The van der Waals surface area contributed by atoms with Crippen LogP contribution in [0.5, 0.6) is 23.0 Å². The monoisotopic (exact) mass is 973 g/mol. The fraction of sp³-hybridized carbons (Fsp3) is 0.388. The second-order valence-electron chi connectivity index (χ2n) is 16.9. The van der Waals surface area contributed by atoms with Crippen LogP contribution >= 0.6 is 0 Å². The molecule has 0 fully saturated rings. The molecule has 0 atom stereocenters. The van der Waals surface area contributed by atoms with Gasteiger partial charge < -0.3 is 33.6 Å². The summed E-state index contributed by atoms with van der Waals surface area (Å²) in [5, 5.41) is 8.99. The fourth-order valence-corrected chi connectivity index (χ4v) is 9.59. The molecule has 0 aliphatic carbocycles. The van der Waals surface area contributed by atoms with E-state index in [2.05, 4.69) is 15.1 Å². The summed E-state index contributed by atoms with van der Waals surface area (Å²) in [7, 11) is 10.5. The molecule has 0 bridgehead atoms. The van der Waals surface area contributed by atoms with Crippen molar-refractivity contribution in [2.75, 3.05) is 83.8 Å². The van der Waals surface area contributed by atoms with Gasteiger partial charge in [-0.15, -0.1) is 0 Å². The Kier molecular flexibility index (Phi) is 19.5. The third kappa shape index (κ3) is 15.4. The van der Waals surface area contributed by atoms with Gasteiger partial charge in [0.2, 0.25) is 0 Å².